The lowest BCUT2D eigenvalue weighted by atomic mass is 10.1. The van der Waals surface area contributed by atoms with Crippen LogP contribution in [-0.2, 0) is 6.54 Å². The number of hydrogen-bond acceptors (Lipinski definition) is 3. The first-order valence-corrected chi connectivity index (χ1v) is 6.60. The fourth-order valence-electron chi connectivity index (χ4n) is 1.71. The van der Waals surface area contributed by atoms with Gasteiger partial charge < -0.3 is 10.6 Å². The molecule has 1 amide bonds. The number of nitrogen functional groups attached to an aromatic ring is 1. The fourth-order valence-corrected chi connectivity index (χ4v) is 2.52. The summed E-state index contributed by atoms with van der Waals surface area (Å²) in [6, 6.07) is 9.94. The van der Waals surface area contributed by atoms with Crippen LogP contribution in [0.1, 0.15) is 20.8 Å². The lowest BCUT2D eigenvalue weighted by Gasteiger charge is -2.17. The molecule has 0 saturated carbocycles. The van der Waals surface area contributed by atoms with Gasteiger partial charge in [0.1, 0.15) is 4.88 Å². The lowest BCUT2D eigenvalue weighted by Crippen LogP contribution is -2.26. The maximum atomic E-state index is 12.2. The number of amides is 1. The molecule has 2 aromatic rings. The van der Waals surface area contributed by atoms with Crippen LogP contribution in [0.25, 0.3) is 0 Å². The number of nitrogens with zero attached hydrogens (tertiary/aromatic N) is 1. The molecule has 1 heterocycles. The number of anilines is 1. The first-order valence-electron chi connectivity index (χ1n) is 5.72. The van der Waals surface area contributed by atoms with Gasteiger partial charge in [-0.15, -0.1) is 11.3 Å². The van der Waals surface area contributed by atoms with E-state index in [9.17, 15) is 4.79 Å². The van der Waals surface area contributed by atoms with Gasteiger partial charge in [0, 0.05) is 13.6 Å². The first kappa shape index (κ1) is 12.6. The highest BCUT2D eigenvalue weighted by atomic mass is 32.1. The molecule has 0 radical (unpaired) electrons. The molecule has 0 bridgehead atoms. The number of thiophene rings is 1. The van der Waals surface area contributed by atoms with Gasteiger partial charge in [-0.3, -0.25) is 4.79 Å². The van der Waals surface area contributed by atoms with Crippen molar-refractivity contribution in [3.8, 4) is 0 Å². The van der Waals surface area contributed by atoms with Crippen molar-refractivity contribution in [2.24, 2.45) is 0 Å². The van der Waals surface area contributed by atoms with Gasteiger partial charge >= 0.3 is 0 Å². The molecule has 2 rings (SSSR count). The summed E-state index contributed by atoms with van der Waals surface area (Å²) in [7, 11) is 1.79. The minimum atomic E-state index is -0.0249. The van der Waals surface area contributed by atoms with Crippen molar-refractivity contribution in [2.45, 2.75) is 13.5 Å². The Balaban J connectivity index is 2.08. The third kappa shape index (κ3) is 2.71. The van der Waals surface area contributed by atoms with Crippen molar-refractivity contribution in [1.82, 2.24) is 4.90 Å². The van der Waals surface area contributed by atoms with Crippen molar-refractivity contribution < 1.29 is 4.79 Å². The lowest BCUT2D eigenvalue weighted by molar-refractivity contribution is 0.0791. The topological polar surface area (TPSA) is 46.3 Å². The van der Waals surface area contributed by atoms with Crippen molar-refractivity contribution in [3.63, 3.8) is 0 Å². The summed E-state index contributed by atoms with van der Waals surface area (Å²) in [5.41, 5.74) is 8.65. The van der Waals surface area contributed by atoms with E-state index >= 15 is 0 Å². The number of nitrogens with two attached hydrogens (primary N) is 1. The molecule has 0 fully saturated rings. The van der Waals surface area contributed by atoms with Gasteiger partial charge in [0.25, 0.3) is 5.91 Å². The van der Waals surface area contributed by atoms with Crippen LogP contribution in [0.2, 0.25) is 0 Å². The average Bonchev–Trinajstić information content (AvgIpc) is 2.77. The van der Waals surface area contributed by atoms with Crippen LogP contribution in [0.4, 0.5) is 5.69 Å². The zero-order chi connectivity index (χ0) is 13.1. The third-order valence-electron chi connectivity index (χ3n) is 2.78. The molecule has 3 nitrogen and oxygen atoms in total. The van der Waals surface area contributed by atoms with E-state index in [1.807, 2.05) is 36.6 Å². The standard InChI is InChI=1S/C14H16N2OS/c1-10-3-5-11(6-4-10)9-16(2)14(17)13-12(15)7-8-18-13/h3-8H,9,15H2,1-2H3. The van der Waals surface area contributed by atoms with E-state index in [2.05, 4.69) is 0 Å². The maximum absolute atomic E-state index is 12.2. The zero-order valence-electron chi connectivity index (χ0n) is 10.5. The molecule has 0 aliphatic rings. The molecule has 0 spiro atoms. The van der Waals surface area contributed by atoms with Gasteiger partial charge in [-0.25, -0.2) is 0 Å². The van der Waals surface area contributed by atoms with Gasteiger partial charge in [-0.1, -0.05) is 29.8 Å². The highest BCUT2D eigenvalue weighted by Gasteiger charge is 2.15. The summed E-state index contributed by atoms with van der Waals surface area (Å²) >= 11 is 1.38. The van der Waals surface area contributed by atoms with Crippen LogP contribution >= 0.6 is 11.3 Å². The third-order valence-corrected chi connectivity index (χ3v) is 3.70. The minimum absolute atomic E-state index is 0.0249. The molecule has 0 atom stereocenters. The van der Waals surface area contributed by atoms with E-state index in [0.717, 1.165) is 5.56 Å². The fraction of sp³-hybridized carbons (Fsp3) is 0.214. The molecule has 0 aliphatic carbocycles. The summed E-state index contributed by atoms with van der Waals surface area (Å²) in [4.78, 5) is 14.5. The Hall–Kier alpha value is -1.81. The van der Waals surface area contributed by atoms with Crippen LogP contribution in [0.5, 0.6) is 0 Å². The molecule has 2 N–H and O–H groups in total. The summed E-state index contributed by atoms with van der Waals surface area (Å²) in [6.45, 7) is 2.64. The van der Waals surface area contributed by atoms with Gasteiger partial charge in [-0.05, 0) is 23.9 Å². The Morgan fingerprint density at radius 2 is 1.94 bits per heavy atom. The smallest absolute Gasteiger partial charge is 0.266 e. The number of hydrogen-bond donors (Lipinski definition) is 1. The Bertz CT molecular complexity index is 545. The highest BCUT2D eigenvalue weighted by Crippen LogP contribution is 2.21. The van der Waals surface area contributed by atoms with E-state index in [-0.39, 0.29) is 5.91 Å². The predicted octanol–water partition coefficient (Wildman–Crippen LogP) is 2.91. The van der Waals surface area contributed by atoms with Gasteiger partial charge in [-0.2, -0.15) is 0 Å². The number of rotatable bonds is 3. The Morgan fingerprint density at radius 1 is 1.28 bits per heavy atom. The predicted molar refractivity (Wildman–Crippen MR) is 75.7 cm³/mol. The average molecular weight is 260 g/mol. The molecular formula is C14H16N2OS. The van der Waals surface area contributed by atoms with Crippen LogP contribution in [0.3, 0.4) is 0 Å². The zero-order valence-corrected chi connectivity index (χ0v) is 11.3. The summed E-state index contributed by atoms with van der Waals surface area (Å²) in [5, 5.41) is 1.84. The second-order valence-corrected chi connectivity index (χ2v) is 5.27. The van der Waals surface area contributed by atoms with Crippen molar-refractivity contribution >= 4 is 22.9 Å². The molecule has 0 saturated heterocycles. The van der Waals surface area contributed by atoms with Crippen LogP contribution < -0.4 is 5.73 Å². The molecule has 94 valence electrons. The van der Waals surface area contributed by atoms with Crippen LogP contribution in [-0.4, -0.2) is 17.9 Å². The molecule has 0 unspecified atom stereocenters. The van der Waals surface area contributed by atoms with E-state index in [1.165, 1.54) is 16.9 Å². The van der Waals surface area contributed by atoms with E-state index in [1.54, 1.807) is 18.0 Å². The quantitative estimate of drug-likeness (QED) is 0.922. The SMILES string of the molecule is Cc1ccc(CN(C)C(=O)c2sccc2N)cc1. The van der Waals surface area contributed by atoms with Gasteiger partial charge in [0.2, 0.25) is 0 Å². The Kier molecular flexibility index (Phi) is 3.67. The summed E-state index contributed by atoms with van der Waals surface area (Å²) < 4.78 is 0. The number of aryl methyl sites for hydroxylation is 1. The molecule has 1 aromatic carbocycles. The first-order chi connectivity index (χ1) is 8.58. The summed E-state index contributed by atoms with van der Waals surface area (Å²) in [5.74, 6) is -0.0249. The van der Waals surface area contributed by atoms with Crippen molar-refractivity contribution in [3.05, 3.63) is 51.7 Å². The van der Waals surface area contributed by atoms with Crippen LogP contribution in [0, 0.1) is 6.92 Å². The molecule has 0 aliphatic heterocycles. The van der Waals surface area contributed by atoms with Crippen molar-refractivity contribution in [2.75, 3.05) is 12.8 Å². The molecule has 18 heavy (non-hydrogen) atoms. The molecule has 4 heteroatoms. The van der Waals surface area contributed by atoms with Crippen LogP contribution in [0.15, 0.2) is 35.7 Å². The highest BCUT2D eigenvalue weighted by molar-refractivity contribution is 7.12. The normalized spacial score (nSPS) is 10.3. The molecular weight excluding hydrogens is 244 g/mol. The number of carbonyl (C=O) groups excluding carboxylic acids is 1. The monoisotopic (exact) mass is 260 g/mol. The van der Waals surface area contributed by atoms with Gasteiger partial charge in [0.15, 0.2) is 0 Å². The minimum Gasteiger partial charge on any atom is -0.397 e. The Labute approximate surface area is 111 Å². The largest absolute Gasteiger partial charge is 0.397 e. The van der Waals surface area contributed by atoms with E-state index < -0.39 is 0 Å². The van der Waals surface area contributed by atoms with Gasteiger partial charge in [0.05, 0.1) is 5.69 Å². The van der Waals surface area contributed by atoms with Crippen molar-refractivity contribution in [1.29, 1.82) is 0 Å². The van der Waals surface area contributed by atoms with E-state index in [0.29, 0.717) is 17.1 Å². The van der Waals surface area contributed by atoms with E-state index in [4.69, 9.17) is 5.73 Å². The second-order valence-electron chi connectivity index (χ2n) is 4.35. The maximum Gasteiger partial charge on any atom is 0.266 e. The summed E-state index contributed by atoms with van der Waals surface area (Å²) in [6.07, 6.45) is 0. The number of carbonyl (C=O) groups is 1. The Morgan fingerprint density at radius 3 is 2.50 bits per heavy atom. The molecule has 1 aromatic heterocycles. The second kappa shape index (κ2) is 5.23. The number of benzene rings is 1.